The van der Waals surface area contributed by atoms with E-state index in [1.54, 1.807) is 47.4 Å². The molecule has 1 saturated heterocycles. The summed E-state index contributed by atoms with van der Waals surface area (Å²) in [5.41, 5.74) is 1.30. The molecule has 33 heavy (non-hydrogen) atoms. The van der Waals surface area contributed by atoms with Crippen LogP contribution in [0.25, 0.3) is 0 Å². The molecule has 1 atom stereocenters. The van der Waals surface area contributed by atoms with E-state index in [0.717, 1.165) is 6.42 Å². The fourth-order valence-corrected chi connectivity index (χ4v) is 4.80. The number of hydrogen-bond donors (Lipinski definition) is 0. The van der Waals surface area contributed by atoms with E-state index in [1.165, 1.54) is 0 Å². The summed E-state index contributed by atoms with van der Waals surface area (Å²) in [6.07, 6.45) is 1.31. The van der Waals surface area contributed by atoms with Crippen molar-refractivity contribution in [1.82, 2.24) is 9.80 Å². The highest BCUT2D eigenvalue weighted by Gasteiger charge is 2.36. The van der Waals surface area contributed by atoms with Crippen LogP contribution < -0.4 is 4.90 Å². The summed E-state index contributed by atoms with van der Waals surface area (Å²) < 4.78 is 0. The van der Waals surface area contributed by atoms with Crippen molar-refractivity contribution in [1.29, 1.82) is 0 Å². The summed E-state index contributed by atoms with van der Waals surface area (Å²) >= 11 is 18.7. The lowest BCUT2D eigenvalue weighted by Crippen LogP contribution is -2.55. The minimum atomic E-state index is -0.328. The fraction of sp³-hybridized carbons (Fsp3) is 0.375. The zero-order valence-electron chi connectivity index (χ0n) is 18.3. The van der Waals surface area contributed by atoms with Gasteiger partial charge >= 0.3 is 0 Å². The predicted molar refractivity (Wildman–Crippen MR) is 133 cm³/mol. The standard InChI is InChI=1S/C24H25Cl3N4O2/c1-2-3-22(32)30-12-10-29(11-13-30)21-15-23(33)31(18-7-4-16(25)5-8-18)24(28-21)19-9-6-17(26)14-20(19)27/h4-9,14,21H,2-3,10-13,15H2,1H3. The lowest BCUT2D eigenvalue weighted by atomic mass is 10.1. The third kappa shape index (κ3) is 5.35. The summed E-state index contributed by atoms with van der Waals surface area (Å²) in [6, 6.07) is 12.2. The first-order valence-electron chi connectivity index (χ1n) is 11.0. The first-order valence-corrected chi connectivity index (χ1v) is 12.1. The number of benzene rings is 2. The van der Waals surface area contributed by atoms with E-state index in [-0.39, 0.29) is 24.4 Å². The molecule has 4 rings (SSSR count). The van der Waals surface area contributed by atoms with Crippen molar-refractivity contribution in [2.24, 2.45) is 4.99 Å². The maximum atomic E-state index is 13.4. The van der Waals surface area contributed by atoms with Gasteiger partial charge in [0.05, 0.1) is 17.1 Å². The van der Waals surface area contributed by atoms with Gasteiger partial charge in [-0.25, -0.2) is 4.99 Å². The molecule has 1 unspecified atom stereocenters. The molecule has 9 heteroatoms. The SMILES string of the molecule is CCCC(=O)N1CCN(C2CC(=O)N(c3ccc(Cl)cc3)C(c3ccc(Cl)cc3Cl)=N2)CC1. The molecular weight excluding hydrogens is 483 g/mol. The van der Waals surface area contributed by atoms with Gasteiger partial charge in [-0.3, -0.25) is 19.4 Å². The average molecular weight is 508 g/mol. The van der Waals surface area contributed by atoms with E-state index >= 15 is 0 Å². The second-order valence-electron chi connectivity index (χ2n) is 8.13. The number of anilines is 1. The van der Waals surface area contributed by atoms with E-state index in [4.69, 9.17) is 39.8 Å². The Labute approximate surface area is 208 Å². The largest absolute Gasteiger partial charge is 0.340 e. The van der Waals surface area contributed by atoms with Crippen molar-refractivity contribution >= 4 is 58.1 Å². The molecule has 2 aromatic carbocycles. The van der Waals surface area contributed by atoms with Crippen LogP contribution in [-0.2, 0) is 9.59 Å². The minimum Gasteiger partial charge on any atom is -0.340 e. The first-order chi connectivity index (χ1) is 15.9. The van der Waals surface area contributed by atoms with Gasteiger partial charge in [-0.05, 0) is 48.9 Å². The maximum absolute atomic E-state index is 13.4. The summed E-state index contributed by atoms with van der Waals surface area (Å²) in [4.78, 5) is 36.3. The van der Waals surface area contributed by atoms with Crippen molar-refractivity contribution in [3.63, 3.8) is 0 Å². The highest BCUT2D eigenvalue weighted by molar-refractivity contribution is 6.39. The Hall–Kier alpha value is -2.12. The van der Waals surface area contributed by atoms with Crippen LogP contribution >= 0.6 is 34.8 Å². The molecule has 2 aromatic rings. The van der Waals surface area contributed by atoms with Crippen molar-refractivity contribution in [2.75, 3.05) is 31.1 Å². The van der Waals surface area contributed by atoms with Crippen molar-refractivity contribution in [2.45, 2.75) is 32.4 Å². The number of piperazine rings is 1. The summed E-state index contributed by atoms with van der Waals surface area (Å²) in [5.74, 6) is 0.579. The van der Waals surface area contributed by atoms with Crippen LogP contribution in [0.4, 0.5) is 5.69 Å². The third-order valence-electron chi connectivity index (χ3n) is 5.90. The summed E-state index contributed by atoms with van der Waals surface area (Å²) in [6.45, 7) is 4.61. The Balaban J connectivity index is 1.65. The normalized spacial score (nSPS) is 19.6. The second-order valence-corrected chi connectivity index (χ2v) is 9.41. The number of carbonyl (C=O) groups excluding carboxylic acids is 2. The van der Waals surface area contributed by atoms with Crippen LogP contribution in [0.2, 0.25) is 15.1 Å². The minimum absolute atomic E-state index is 0.0807. The molecule has 0 aliphatic carbocycles. The molecule has 0 aromatic heterocycles. The summed E-state index contributed by atoms with van der Waals surface area (Å²) in [7, 11) is 0. The van der Waals surface area contributed by atoms with E-state index < -0.39 is 0 Å². The van der Waals surface area contributed by atoms with E-state index in [9.17, 15) is 9.59 Å². The fourth-order valence-electron chi connectivity index (χ4n) is 4.18. The average Bonchev–Trinajstić information content (AvgIpc) is 2.80. The highest BCUT2D eigenvalue weighted by Crippen LogP contribution is 2.30. The topological polar surface area (TPSA) is 56.2 Å². The second kappa shape index (κ2) is 10.4. The number of rotatable bonds is 5. The van der Waals surface area contributed by atoms with Crippen LogP contribution in [0.1, 0.15) is 31.7 Å². The van der Waals surface area contributed by atoms with Crippen molar-refractivity contribution in [3.05, 3.63) is 63.1 Å². The number of amides is 2. The smallest absolute Gasteiger partial charge is 0.236 e. The van der Waals surface area contributed by atoms with Crippen LogP contribution in [-0.4, -0.2) is 59.8 Å². The lowest BCUT2D eigenvalue weighted by molar-refractivity contribution is -0.133. The molecule has 0 saturated carbocycles. The van der Waals surface area contributed by atoms with Gasteiger partial charge in [0.2, 0.25) is 11.8 Å². The van der Waals surface area contributed by atoms with Gasteiger partial charge in [-0.2, -0.15) is 0 Å². The van der Waals surface area contributed by atoms with Gasteiger partial charge in [-0.15, -0.1) is 0 Å². The van der Waals surface area contributed by atoms with Crippen LogP contribution in [0.3, 0.4) is 0 Å². The van der Waals surface area contributed by atoms with Crippen molar-refractivity contribution < 1.29 is 9.59 Å². The van der Waals surface area contributed by atoms with Crippen LogP contribution in [0, 0.1) is 0 Å². The molecule has 0 N–H and O–H groups in total. The number of amidine groups is 1. The van der Waals surface area contributed by atoms with Crippen LogP contribution in [0.5, 0.6) is 0 Å². The molecule has 0 bridgehead atoms. The Morgan fingerprint density at radius 1 is 1.00 bits per heavy atom. The number of nitrogens with zero attached hydrogens (tertiary/aromatic N) is 4. The molecule has 0 radical (unpaired) electrons. The van der Waals surface area contributed by atoms with Gasteiger partial charge in [0, 0.05) is 48.2 Å². The van der Waals surface area contributed by atoms with Crippen LogP contribution in [0.15, 0.2) is 47.5 Å². The number of hydrogen-bond acceptors (Lipinski definition) is 4. The zero-order valence-corrected chi connectivity index (χ0v) is 20.6. The molecule has 6 nitrogen and oxygen atoms in total. The Kier molecular flexibility index (Phi) is 7.59. The molecule has 2 heterocycles. The monoisotopic (exact) mass is 506 g/mol. The molecule has 174 valence electrons. The van der Waals surface area contributed by atoms with E-state index in [1.807, 2.05) is 11.8 Å². The van der Waals surface area contributed by atoms with Gasteiger partial charge in [0.15, 0.2) is 0 Å². The number of halogens is 3. The molecule has 1 fully saturated rings. The first kappa shape index (κ1) is 24.0. The number of aliphatic imine (C=N–C) groups is 1. The van der Waals surface area contributed by atoms with Gasteiger partial charge in [-0.1, -0.05) is 41.7 Å². The van der Waals surface area contributed by atoms with E-state index in [0.29, 0.717) is 64.8 Å². The van der Waals surface area contributed by atoms with Gasteiger partial charge < -0.3 is 4.90 Å². The zero-order chi connectivity index (χ0) is 23.5. The molecular formula is C24H25Cl3N4O2. The lowest BCUT2D eigenvalue weighted by Gasteiger charge is -2.40. The predicted octanol–water partition coefficient (Wildman–Crippen LogP) is 5.10. The molecule has 2 aliphatic heterocycles. The Bertz CT molecular complexity index is 1070. The van der Waals surface area contributed by atoms with E-state index in [2.05, 4.69) is 4.90 Å². The highest BCUT2D eigenvalue weighted by atomic mass is 35.5. The summed E-state index contributed by atoms with van der Waals surface area (Å²) in [5, 5.41) is 1.51. The number of carbonyl (C=O) groups is 2. The van der Waals surface area contributed by atoms with Crippen molar-refractivity contribution in [3.8, 4) is 0 Å². The maximum Gasteiger partial charge on any atom is 0.236 e. The van der Waals surface area contributed by atoms with Gasteiger partial charge in [0.25, 0.3) is 0 Å². The molecule has 0 spiro atoms. The Morgan fingerprint density at radius 2 is 1.67 bits per heavy atom. The molecule has 2 amide bonds. The third-order valence-corrected chi connectivity index (χ3v) is 6.70. The molecule has 2 aliphatic rings. The van der Waals surface area contributed by atoms with Gasteiger partial charge in [0.1, 0.15) is 12.0 Å². The Morgan fingerprint density at radius 3 is 2.30 bits per heavy atom. The quantitative estimate of drug-likeness (QED) is 0.566.